The minimum absolute atomic E-state index is 0.182. The second kappa shape index (κ2) is 8.40. The van der Waals surface area contributed by atoms with Gasteiger partial charge in [0.2, 0.25) is 10.0 Å². The first-order valence-electron chi connectivity index (χ1n) is 9.20. The van der Waals surface area contributed by atoms with Crippen LogP contribution in [0, 0.1) is 0 Å². The van der Waals surface area contributed by atoms with Crippen LogP contribution in [0.2, 0.25) is 5.02 Å². The largest absolute Gasteiger partial charge is 0.280 e. The van der Waals surface area contributed by atoms with Crippen LogP contribution in [0.1, 0.15) is 0 Å². The van der Waals surface area contributed by atoms with Gasteiger partial charge in [-0.15, -0.1) is 0 Å². The molecule has 11 heteroatoms. The van der Waals surface area contributed by atoms with Crippen molar-refractivity contribution in [2.24, 2.45) is 5.14 Å². The monoisotopic (exact) mass is 488 g/mol. The number of hydrogen-bond donors (Lipinski definition) is 2. The summed E-state index contributed by atoms with van der Waals surface area (Å²) in [7, 11) is -8.58. The fraction of sp³-hybridized carbons (Fsp3) is 0. The zero-order valence-corrected chi connectivity index (χ0v) is 18.8. The lowest BCUT2D eigenvalue weighted by Crippen LogP contribution is -2.21. The molecule has 4 rings (SSSR count). The molecule has 3 N–H and O–H groups in total. The van der Waals surface area contributed by atoms with Crippen molar-refractivity contribution in [3.05, 3.63) is 90.2 Å². The third-order valence-corrected chi connectivity index (χ3v) is 7.14. The van der Waals surface area contributed by atoms with Gasteiger partial charge in [-0.2, -0.15) is 5.10 Å². The van der Waals surface area contributed by atoms with E-state index in [0.29, 0.717) is 21.8 Å². The number of nitrogens with one attached hydrogen (secondary N) is 1. The zero-order chi connectivity index (χ0) is 22.9. The Morgan fingerprint density at radius 2 is 1.50 bits per heavy atom. The molecule has 0 aliphatic heterocycles. The highest BCUT2D eigenvalue weighted by Crippen LogP contribution is 2.34. The molecule has 1 heterocycles. The average molecular weight is 489 g/mol. The molecular formula is C21H17ClN4O4S2. The number of primary sulfonamides is 1. The SMILES string of the molecule is NS(=O)(=O)c1cc(-c2ccc(Cl)cc2)cc(S(=O)(=O)Nc2ccccc2)c1-n1cccn1. The molecule has 0 saturated carbocycles. The lowest BCUT2D eigenvalue weighted by molar-refractivity contribution is 0.594. The highest BCUT2D eigenvalue weighted by Gasteiger charge is 2.28. The van der Waals surface area contributed by atoms with Crippen LogP contribution in [-0.2, 0) is 20.0 Å². The lowest BCUT2D eigenvalue weighted by atomic mass is 10.1. The number of hydrogen-bond acceptors (Lipinski definition) is 5. The molecule has 8 nitrogen and oxygen atoms in total. The van der Waals surface area contributed by atoms with Crippen LogP contribution >= 0.6 is 11.6 Å². The summed E-state index contributed by atoms with van der Waals surface area (Å²) < 4.78 is 55.5. The minimum atomic E-state index is -4.33. The van der Waals surface area contributed by atoms with E-state index in [0.717, 1.165) is 4.68 Å². The summed E-state index contributed by atoms with van der Waals surface area (Å²) in [5.74, 6) is 0. The van der Waals surface area contributed by atoms with Gasteiger partial charge < -0.3 is 0 Å². The predicted molar refractivity (Wildman–Crippen MR) is 123 cm³/mol. The molecule has 0 fully saturated rings. The van der Waals surface area contributed by atoms with E-state index in [-0.39, 0.29) is 15.5 Å². The first-order chi connectivity index (χ1) is 15.1. The molecule has 0 unspecified atom stereocenters. The number of nitrogens with two attached hydrogens (primary N) is 1. The third-order valence-electron chi connectivity index (χ3n) is 4.57. The molecule has 0 amide bonds. The van der Waals surface area contributed by atoms with Crippen LogP contribution in [-0.4, -0.2) is 26.6 Å². The lowest BCUT2D eigenvalue weighted by Gasteiger charge is -2.17. The van der Waals surface area contributed by atoms with Crippen LogP contribution in [0.15, 0.2) is 95.0 Å². The van der Waals surface area contributed by atoms with Gasteiger partial charge >= 0.3 is 0 Å². The first kappa shape index (κ1) is 22.0. The van der Waals surface area contributed by atoms with Gasteiger partial charge in [-0.3, -0.25) is 4.72 Å². The molecule has 3 aromatic carbocycles. The van der Waals surface area contributed by atoms with E-state index in [2.05, 4.69) is 9.82 Å². The fourth-order valence-corrected chi connectivity index (χ4v) is 5.41. The molecule has 0 saturated heterocycles. The van der Waals surface area contributed by atoms with E-state index in [9.17, 15) is 16.8 Å². The topological polar surface area (TPSA) is 124 Å². The van der Waals surface area contributed by atoms with Gasteiger partial charge in [0.1, 0.15) is 15.5 Å². The van der Waals surface area contributed by atoms with Gasteiger partial charge in [-0.1, -0.05) is 41.9 Å². The maximum Gasteiger partial charge on any atom is 0.264 e. The van der Waals surface area contributed by atoms with Gasteiger partial charge in [0.15, 0.2) is 0 Å². The van der Waals surface area contributed by atoms with E-state index < -0.39 is 20.0 Å². The summed E-state index contributed by atoms with van der Waals surface area (Å²) in [6.07, 6.45) is 2.84. The van der Waals surface area contributed by atoms with Gasteiger partial charge in [-0.05, 0) is 53.6 Å². The van der Waals surface area contributed by atoms with Crippen molar-refractivity contribution >= 4 is 37.3 Å². The van der Waals surface area contributed by atoms with Crippen molar-refractivity contribution in [3.8, 4) is 16.8 Å². The highest BCUT2D eigenvalue weighted by molar-refractivity contribution is 7.93. The van der Waals surface area contributed by atoms with Crippen LogP contribution in [0.4, 0.5) is 5.69 Å². The van der Waals surface area contributed by atoms with Crippen molar-refractivity contribution < 1.29 is 16.8 Å². The van der Waals surface area contributed by atoms with Crippen LogP contribution < -0.4 is 9.86 Å². The number of para-hydroxylation sites is 1. The van der Waals surface area contributed by atoms with Gasteiger partial charge in [0.05, 0.1) is 0 Å². The predicted octanol–water partition coefficient (Wildman–Crippen LogP) is 3.64. The number of rotatable bonds is 6. The van der Waals surface area contributed by atoms with E-state index in [1.165, 1.54) is 24.5 Å². The Kier molecular flexibility index (Phi) is 5.78. The summed E-state index contributed by atoms with van der Waals surface area (Å²) >= 11 is 5.96. The summed E-state index contributed by atoms with van der Waals surface area (Å²) in [4.78, 5) is -0.691. The molecule has 4 aromatic rings. The molecule has 0 spiro atoms. The smallest absolute Gasteiger partial charge is 0.264 e. The number of sulfonamides is 2. The van der Waals surface area contributed by atoms with Crippen molar-refractivity contribution in [1.82, 2.24) is 9.78 Å². The molecule has 0 bridgehead atoms. The van der Waals surface area contributed by atoms with Crippen molar-refractivity contribution in [2.45, 2.75) is 9.79 Å². The number of anilines is 1. The number of aromatic nitrogens is 2. The maximum absolute atomic E-state index is 13.4. The van der Waals surface area contributed by atoms with E-state index >= 15 is 0 Å². The number of benzene rings is 3. The number of nitrogens with zero attached hydrogens (tertiary/aromatic N) is 2. The van der Waals surface area contributed by atoms with E-state index in [4.69, 9.17) is 16.7 Å². The van der Waals surface area contributed by atoms with Crippen molar-refractivity contribution in [1.29, 1.82) is 0 Å². The quantitative estimate of drug-likeness (QED) is 0.428. The molecule has 0 aliphatic carbocycles. The molecule has 0 atom stereocenters. The van der Waals surface area contributed by atoms with Crippen LogP contribution in [0.5, 0.6) is 0 Å². The Morgan fingerprint density at radius 1 is 0.844 bits per heavy atom. The molecular weight excluding hydrogens is 472 g/mol. The van der Waals surface area contributed by atoms with E-state index in [1.54, 1.807) is 60.7 Å². The molecule has 32 heavy (non-hydrogen) atoms. The van der Waals surface area contributed by atoms with Crippen molar-refractivity contribution in [3.63, 3.8) is 0 Å². The molecule has 0 aliphatic rings. The van der Waals surface area contributed by atoms with E-state index in [1.807, 2.05) is 0 Å². The fourth-order valence-electron chi connectivity index (χ4n) is 3.16. The van der Waals surface area contributed by atoms with Gasteiger partial charge in [-0.25, -0.2) is 26.7 Å². The summed E-state index contributed by atoms with van der Waals surface area (Å²) in [5, 5.41) is 10.0. The minimum Gasteiger partial charge on any atom is -0.280 e. The molecule has 164 valence electrons. The van der Waals surface area contributed by atoms with Crippen molar-refractivity contribution in [2.75, 3.05) is 4.72 Å². The second-order valence-electron chi connectivity index (χ2n) is 6.80. The Hall–Kier alpha value is -3.18. The maximum atomic E-state index is 13.4. The van der Waals surface area contributed by atoms with Crippen LogP contribution in [0.3, 0.4) is 0 Å². The Bertz CT molecular complexity index is 1470. The summed E-state index contributed by atoms with van der Waals surface area (Å²) in [6, 6.07) is 19.0. The van der Waals surface area contributed by atoms with Gasteiger partial charge in [0, 0.05) is 23.1 Å². The average Bonchev–Trinajstić information content (AvgIpc) is 3.28. The summed E-state index contributed by atoms with van der Waals surface area (Å²) in [5.41, 5.74) is 1.02. The molecule has 1 aromatic heterocycles. The standard InChI is InChI=1S/C21H17ClN4O4S2/c22-17-9-7-15(8-10-17)16-13-19(31(23,27)28)21(26-12-4-11-24-26)20(14-16)32(29,30)25-18-5-2-1-3-6-18/h1-14,25H,(H2,23,27,28). The Morgan fingerprint density at radius 3 is 2.09 bits per heavy atom. The number of halogens is 1. The Balaban J connectivity index is 2.03. The normalized spacial score (nSPS) is 11.9. The van der Waals surface area contributed by atoms with Crippen LogP contribution in [0.25, 0.3) is 16.8 Å². The van der Waals surface area contributed by atoms with Gasteiger partial charge in [0.25, 0.3) is 10.0 Å². The first-order valence-corrected chi connectivity index (χ1v) is 12.6. The third kappa shape index (κ3) is 4.53. The summed E-state index contributed by atoms with van der Waals surface area (Å²) in [6.45, 7) is 0. The second-order valence-corrected chi connectivity index (χ2v) is 10.4. The zero-order valence-electron chi connectivity index (χ0n) is 16.4. The molecule has 0 radical (unpaired) electrons. The highest BCUT2D eigenvalue weighted by atomic mass is 35.5. The Labute approximate surface area is 190 Å².